The van der Waals surface area contributed by atoms with Crippen molar-refractivity contribution in [2.45, 2.75) is 24.7 Å². The Morgan fingerprint density at radius 3 is 1.66 bits per heavy atom. The van der Waals surface area contributed by atoms with Crippen LogP contribution >= 0.6 is 0 Å². The molecule has 0 bridgehead atoms. The molecule has 2 unspecified atom stereocenters. The van der Waals surface area contributed by atoms with Gasteiger partial charge >= 0.3 is 0 Å². The third kappa shape index (κ3) is 5.98. The Kier molecular flexibility index (Phi) is 8.15. The molecule has 3 fully saturated rings. The maximum Gasteiger partial charge on any atom is 0.160 e. The summed E-state index contributed by atoms with van der Waals surface area (Å²) >= 11 is 0. The summed E-state index contributed by atoms with van der Waals surface area (Å²) in [5, 5.41) is 11.6. The molecule has 7 aromatic carbocycles. The first-order valence-corrected chi connectivity index (χ1v) is 21.2. The van der Waals surface area contributed by atoms with E-state index < -0.39 is 0 Å². The van der Waals surface area contributed by atoms with E-state index in [-0.39, 0.29) is 0 Å². The van der Waals surface area contributed by atoms with Crippen molar-refractivity contribution in [2.75, 3.05) is 0 Å². The Hall–Kier alpha value is -7.55. The van der Waals surface area contributed by atoms with Crippen LogP contribution in [0, 0.1) is 29.1 Å². The number of aromatic nitrogens is 4. The standard InChI is InChI=1S/C56H39N5/c57-34-35-18-20-36(21-19-35)40-15-9-16-42(26-40)50-30-51(60-54(59-50)38-10-3-1-4-11-38)43-27-41-14-7-8-17-47(41)48(29-43)52-31-49(58-55(61-52)39-12-5-2-6-13-39)37-22-24-46(25-23-37)56-32-44-28-45(33-56)53(44)56/h1-27,29-31,44-45,53H,28,32-33H2. The van der Waals surface area contributed by atoms with Crippen molar-refractivity contribution in [2.24, 2.45) is 17.8 Å². The van der Waals surface area contributed by atoms with Crippen LogP contribution in [0.2, 0.25) is 0 Å². The van der Waals surface area contributed by atoms with E-state index in [2.05, 4.69) is 127 Å². The van der Waals surface area contributed by atoms with Crippen LogP contribution in [0.15, 0.2) is 182 Å². The van der Waals surface area contributed by atoms with E-state index in [9.17, 15) is 5.26 Å². The van der Waals surface area contributed by atoms with Crippen LogP contribution < -0.4 is 0 Å². The average molecular weight is 782 g/mol. The van der Waals surface area contributed by atoms with E-state index in [0.717, 1.165) is 95.8 Å². The quantitative estimate of drug-likeness (QED) is 0.153. The Labute approximate surface area is 355 Å². The first-order valence-electron chi connectivity index (χ1n) is 21.2. The van der Waals surface area contributed by atoms with E-state index in [4.69, 9.17) is 19.9 Å². The zero-order chi connectivity index (χ0) is 40.5. The van der Waals surface area contributed by atoms with Crippen LogP contribution in [0.1, 0.15) is 30.4 Å². The third-order valence-corrected chi connectivity index (χ3v) is 13.7. The summed E-state index contributed by atoms with van der Waals surface area (Å²) in [6.07, 6.45) is 4.17. The lowest BCUT2D eigenvalue weighted by Gasteiger charge is -2.76. The average Bonchev–Trinajstić information content (AvgIpc) is 3.33. The Balaban J connectivity index is 1.00. The summed E-state index contributed by atoms with van der Waals surface area (Å²) in [6, 6.07) is 65.3. The van der Waals surface area contributed by atoms with Gasteiger partial charge in [0.05, 0.1) is 34.4 Å². The SMILES string of the molecule is N#Cc1ccc(-c2cccc(-c3cc(-c4cc(-c5cc(-c6ccc(C78CC9CC(C7)C98)cc6)nc(-c6ccccc6)n5)c5ccccc5c4)nc(-c4ccccc4)n3)c2)cc1. The number of rotatable bonds is 8. The molecule has 3 saturated carbocycles. The van der Waals surface area contributed by atoms with Gasteiger partial charge in [0.15, 0.2) is 11.6 Å². The molecular weight excluding hydrogens is 743 g/mol. The Bertz CT molecular complexity index is 3180. The van der Waals surface area contributed by atoms with Gasteiger partial charge in [-0.25, -0.2) is 19.9 Å². The fourth-order valence-corrected chi connectivity index (χ4v) is 10.7. The summed E-state index contributed by atoms with van der Waals surface area (Å²) in [5.74, 6) is 4.20. The van der Waals surface area contributed by atoms with Crippen LogP contribution in [0.3, 0.4) is 0 Å². The molecule has 3 aliphatic rings. The fraction of sp³-hybridized carbons (Fsp3) is 0.125. The van der Waals surface area contributed by atoms with Crippen molar-refractivity contribution < 1.29 is 0 Å². The van der Waals surface area contributed by atoms with Gasteiger partial charge in [-0.2, -0.15) is 5.26 Å². The summed E-state index contributed by atoms with van der Waals surface area (Å²) < 4.78 is 0. The van der Waals surface area contributed by atoms with E-state index in [1.54, 1.807) is 0 Å². The van der Waals surface area contributed by atoms with Crippen molar-refractivity contribution in [1.82, 2.24) is 19.9 Å². The largest absolute Gasteiger partial charge is 0.228 e. The summed E-state index contributed by atoms with van der Waals surface area (Å²) in [4.78, 5) is 20.9. The molecule has 2 heterocycles. The second kappa shape index (κ2) is 14.0. The highest BCUT2D eigenvalue weighted by Crippen LogP contribution is 2.77. The monoisotopic (exact) mass is 781 g/mol. The molecular formula is C56H39N5. The smallest absolute Gasteiger partial charge is 0.160 e. The maximum absolute atomic E-state index is 9.38. The molecule has 12 rings (SSSR count). The lowest BCUT2D eigenvalue weighted by atomic mass is 9.28. The van der Waals surface area contributed by atoms with E-state index in [1.165, 1.54) is 24.8 Å². The van der Waals surface area contributed by atoms with Crippen LogP contribution in [-0.4, -0.2) is 19.9 Å². The topological polar surface area (TPSA) is 75.3 Å². The molecule has 0 aliphatic heterocycles. The zero-order valence-corrected chi connectivity index (χ0v) is 33.4. The molecule has 5 heteroatoms. The molecule has 9 aromatic rings. The fourth-order valence-electron chi connectivity index (χ4n) is 10.7. The zero-order valence-electron chi connectivity index (χ0n) is 33.4. The Morgan fingerprint density at radius 1 is 0.443 bits per heavy atom. The normalized spacial score (nSPS) is 19.5. The highest BCUT2D eigenvalue weighted by molar-refractivity contribution is 6.00. The molecule has 0 amide bonds. The summed E-state index contributed by atoms with van der Waals surface area (Å²) in [6.45, 7) is 0. The predicted molar refractivity (Wildman–Crippen MR) is 244 cm³/mol. The van der Waals surface area contributed by atoms with Gasteiger partial charge in [-0.1, -0.05) is 140 Å². The van der Waals surface area contributed by atoms with Crippen LogP contribution in [0.4, 0.5) is 0 Å². The predicted octanol–water partition coefficient (Wildman–Crippen LogP) is 13.3. The molecule has 0 N–H and O–H groups in total. The summed E-state index contributed by atoms with van der Waals surface area (Å²) in [5.41, 5.74) is 14.0. The van der Waals surface area contributed by atoms with Crippen molar-refractivity contribution in [3.8, 4) is 85.0 Å². The molecule has 2 atom stereocenters. The maximum atomic E-state index is 9.38. The minimum atomic E-state index is 0.423. The lowest BCUT2D eigenvalue weighted by Crippen LogP contribution is -2.71. The van der Waals surface area contributed by atoms with E-state index >= 15 is 0 Å². The molecule has 2 aromatic heterocycles. The van der Waals surface area contributed by atoms with Crippen molar-refractivity contribution >= 4 is 10.8 Å². The highest BCUT2D eigenvalue weighted by atomic mass is 14.9. The van der Waals surface area contributed by atoms with Crippen LogP contribution in [-0.2, 0) is 5.41 Å². The van der Waals surface area contributed by atoms with Crippen LogP contribution in [0.5, 0.6) is 0 Å². The van der Waals surface area contributed by atoms with Crippen LogP contribution in [0.25, 0.3) is 89.7 Å². The molecule has 0 radical (unpaired) electrons. The molecule has 0 saturated heterocycles. The number of nitriles is 1. The summed E-state index contributed by atoms with van der Waals surface area (Å²) in [7, 11) is 0. The third-order valence-electron chi connectivity index (χ3n) is 13.7. The minimum absolute atomic E-state index is 0.423. The number of fused-ring (bicyclic) bond motifs is 1. The van der Waals surface area contributed by atoms with Gasteiger partial charge < -0.3 is 0 Å². The number of hydrogen-bond acceptors (Lipinski definition) is 5. The number of benzene rings is 7. The van der Waals surface area contributed by atoms with Gasteiger partial charge in [-0.3, -0.25) is 0 Å². The Morgan fingerprint density at radius 2 is 1.00 bits per heavy atom. The van der Waals surface area contributed by atoms with Gasteiger partial charge in [0.25, 0.3) is 0 Å². The first-order chi connectivity index (χ1) is 30.1. The van der Waals surface area contributed by atoms with Crippen molar-refractivity contribution in [1.29, 1.82) is 5.26 Å². The lowest BCUT2D eigenvalue weighted by molar-refractivity contribution is -0.219. The van der Waals surface area contributed by atoms with Gasteiger partial charge in [-0.05, 0) is 112 Å². The molecule has 3 aliphatic carbocycles. The first kappa shape index (κ1) is 35.4. The van der Waals surface area contributed by atoms with Gasteiger partial charge in [0, 0.05) is 33.4 Å². The molecule has 61 heavy (non-hydrogen) atoms. The molecule has 5 nitrogen and oxygen atoms in total. The van der Waals surface area contributed by atoms with E-state index in [1.807, 2.05) is 60.7 Å². The molecule has 288 valence electrons. The molecule has 0 spiro atoms. The van der Waals surface area contributed by atoms with Gasteiger partial charge in [-0.15, -0.1) is 0 Å². The second-order valence-electron chi connectivity index (χ2n) is 17.1. The number of nitrogens with zero attached hydrogens (tertiary/aromatic N) is 5. The van der Waals surface area contributed by atoms with E-state index in [0.29, 0.717) is 22.6 Å². The van der Waals surface area contributed by atoms with Gasteiger partial charge in [0.1, 0.15) is 0 Å². The number of hydrogen-bond donors (Lipinski definition) is 0. The van der Waals surface area contributed by atoms with Gasteiger partial charge in [0.2, 0.25) is 0 Å². The highest BCUT2D eigenvalue weighted by Gasteiger charge is 2.71. The second-order valence-corrected chi connectivity index (χ2v) is 17.1. The van der Waals surface area contributed by atoms with Crippen molar-refractivity contribution in [3.63, 3.8) is 0 Å². The minimum Gasteiger partial charge on any atom is -0.228 e. The van der Waals surface area contributed by atoms with Crippen molar-refractivity contribution in [3.05, 3.63) is 193 Å².